The van der Waals surface area contributed by atoms with E-state index in [1.807, 2.05) is 0 Å². The first kappa shape index (κ1) is 18.6. The lowest BCUT2D eigenvalue weighted by atomic mass is 10.1. The van der Waals surface area contributed by atoms with Crippen molar-refractivity contribution in [3.05, 3.63) is 29.6 Å². The Morgan fingerprint density at radius 2 is 1.87 bits per heavy atom. The minimum Gasteiger partial charge on any atom is -0.475 e. The first-order valence-corrected chi connectivity index (χ1v) is 6.20. The number of rotatable bonds is 3. The Hall–Kier alpha value is -2.49. The number of carboxylic acids is 1. The van der Waals surface area contributed by atoms with Crippen molar-refractivity contribution in [3.8, 4) is 0 Å². The molecule has 0 aromatic heterocycles. The zero-order valence-electron chi connectivity index (χ0n) is 11.8. The van der Waals surface area contributed by atoms with E-state index in [0.717, 1.165) is 6.07 Å². The average molecular weight is 336 g/mol. The van der Waals surface area contributed by atoms with Crippen LogP contribution in [0.15, 0.2) is 18.2 Å². The Bertz CT molecular complexity index is 631. The lowest BCUT2D eigenvalue weighted by Gasteiger charge is -2.15. The summed E-state index contributed by atoms with van der Waals surface area (Å²) in [5.74, 6) is -4.48. The van der Waals surface area contributed by atoms with Crippen LogP contribution in [0.3, 0.4) is 0 Å². The summed E-state index contributed by atoms with van der Waals surface area (Å²) >= 11 is 0. The third-order valence-electron chi connectivity index (χ3n) is 2.76. The summed E-state index contributed by atoms with van der Waals surface area (Å²) in [5, 5.41) is 10.0. The standard InChI is InChI=1S/C11H11FN2O2.C2HF3O2/c1-13-4-5-14-9-3-2-7(12)6-8(9)10(15)11(14)16;3-2(4,5)1(6)7/h2-3,6,13H,4-5H2,1H3;(H,6,7). The van der Waals surface area contributed by atoms with Gasteiger partial charge in [0.15, 0.2) is 0 Å². The monoisotopic (exact) mass is 336 g/mol. The zero-order valence-corrected chi connectivity index (χ0v) is 11.8. The van der Waals surface area contributed by atoms with Gasteiger partial charge in [-0.1, -0.05) is 0 Å². The highest BCUT2D eigenvalue weighted by Gasteiger charge is 2.38. The summed E-state index contributed by atoms with van der Waals surface area (Å²) in [5.41, 5.74) is 0.646. The van der Waals surface area contributed by atoms with Crippen molar-refractivity contribution in [1.29, 1.82) is 0 Å². The van der Waals surface area contributed by atoms with Crippen molar-refractivity contribution in [2.75, 3.05) is 25.0 Å². The molecule has 1 aliphatic rings. The van der Waals surface area contributed by atoms with E-state index >= 15 is 0 Å². The Balaban J connectivity index is 0.000000322. The molecule has 0 saturated carbocycles. The highest BCUT2D eigenvalue weighted by Crippen LogP contribution is 2.28. The molecule has 1 amide bonds. The van der Waals surface area contributed by atoms with E-state index in [1.165, 1.54) is 17.0 Å². The number of Topliss-reactive ketones (excluding diaryl/α,β-unsaturated/α-hetero) is 1. The van der Waals surface area contributed by atoms with E-state index in [-0.39, 0.29) is 5.56 Å². The van der Waals surface area contributed by atoms with E-state index in [1.54, 1.807) is 7.05 Å². The molecule has 1 aromatic rings. The normalized spacial score (nSPS) is 13.5. The summed E-state index contributed by atoms with van der Waals surface area (Å²) in [4.78, 5) is 33.4. The zero-order chi connectivity index (χ0) is 17.8. The van der Waals surface area contributed by atoms with Crippen molar-refractivity contribution in [2.45, 2.75) is 6.18 Å². The predicted molar refractivity (Wildman–Crippen MR) is 70.7 cm³/mol. The molecule has 0 saturated heterocycles. The van der Waals surface area contributed by atoms with Gasteiger partial charge in [0.25, 0.3) is 11.7 Å². The highest BCUT2D eigenvalue weighted by molar-refractivity contribution is 6.52. The first-order chi connectivity index (χ1) is 10.6. The molecule has 0 radical (unpaired) electrons. The maximum Gasteiger partial charge on any atom is 0.490 e. The van der Waals surface area contributed by atoms with Crippen LogP contribution in [0.25, 0.3) is 0 Å². The number of nitrogens with zero attached hydrogens (tertiary/aromatic N) is 1. The molecule has 6 nitrogen and oxygen atoms in total. The quantitative estimate of drug-likeness (QED) is 0.640. The Labute approximate surface area is 127 Å². The van der Waals surface area contributed by atoms with Gasteiger partial charge in [-0.15, -0.1) is 0 Å². The molecule has 10 heteroatoms. The number of hydrogen-bond acceptors (Lipinski definition) is 4. The minimum atomic E-state index is -5.08. The molecule has 0 atom stereocenters. The van der Waals surface area contributed by atoms with Crippen LogP contribution in [0.4, 0.5) is 23.2 Å². The fourth-order valence-electron chi connectivity index (χ4n) is 1.72. The summed E-state index contributed by atoms with van der Waals surface area (Å²) < 4.78 is 44.7. The second-order valence-electron chi connectivity index (χ2n) is 4.35. The van der Waals surface area contributed by atoms with Crippen molar-refractivity contribution in [1.82, 2.24) is 5.32 Å². The van der Waals surface area contributed by atoms with Crippen molar-refractivity contribution >= 4 is 23.3 Å². The maximum atomic E-state index is 12.9. The number of aliphatic carboxylic acids is 1. The number of nitrogens with one attached hydrogen (secondary N) is 1. The highest BCUT2D eigenvalue weighted by atomic mass is 19.4. The molecule has 2 rings (SSSR count). The number of likely N-dealkylation sites (N-methyl/N-ethyl adjacent to an activating group) is 1. The van der Waals surface area contributed by atoms with E-state index in [9.17, 15) is 27.2 Å². The number of carboxylic acid groups (broad SMARTS) is 1. The molecular formula is C13H12F4N2O4. The van der Waals surface area contributed by atoms with Gasteiger partial charge in [-0.05, 0) is 25.2 Å². The molecule has 1 aromatic carbocycles. The number of hydrogen-bond donors (Lipinski definition) is 2. The molecule has 0 aliphatic carbocycles. The van der Waals surface area contributed by atoms with Crippen LogP contribution in [-0.4, -0.2) is 49.1 Å². The molecule has 0 spiro atoms. The Morgan fingerprint density at radius 3 is 2.35 bits per heavy atom. The van der Waals surface area contributed by atoms with Gasteiger partial charge in [-0.2, -0.15) is 13.2 Å². The smallest absolute Gasteiger partial charge is 0.475 e. The van der Waals surface area contributed by atoms with Gasteiger partial charge in [-0.3, -0.25) is 9.59 Å². The van der Waals surface area contributed by atoms with E-state index in [2.05, 4.69) is 5.32 Å². The fraction of sp³-hybridized carbons (Fsp3) is 0.308. The molecule has 1 aliphatic heterocycles. The molecule has 23 heavy (non-hydrogen) atoms. The minimum absolute atomic E-state index is 0.154. The second-order valence-corrected chi connectivity index (χ2v) is 4.35. The molecular weight excluding hydrogens is 324 g/mol. The number of carbonyl (C=O) groups is 3. The van der Waals surface area contributed by atoms with Crippen LogP contribution in [-0.2, 0) is 9.59 Å². The predicted octanol–water partition coefficient (Wildman–Crippen LogP) is 1.21. The molecule has 0 fully saturated rings. The summed E-state index contributed by atoms with van der Waals surface area (Å²) in [6.45, 7) is 0.982. The Morgan fingerprint density at radius 1 is 1.30 bits per heavy atom. The van der Waals surface area contributed by atoms with Crippen LogP contribution < -0.4 is 10.2 Å². The lowest BCUT2D eigenvalue weighted by molar-refractivity contribution is -0.192. The van der Waals surface area contributed by atoms with Gasteiger partial charge in [-0.25, -0.2) is 9.18 Å². The summed E-state index contributed by atoms with van der Waals surface area (Å²) in [6, 6.07) is 3.81. The fourth-order valence-corrected chi connectivity index (χ4v) is 1.72. The largest absolute Gasteiger partial charge is 0.490 e. The second kappa shape index (κ2) is 7.18. The average Bonchev–Trinajstić information content (AvgIpc) is 2.69. The number of ketones is 1. The van der Waals surface area contributed by atoms with Crippen molar-refractivity contribution < 1.29 is 37.1 Å². The summed E-state index contributed by atoms with van der Waals surface area (Å²) in [7, 11) is 1.76. The van der Waals surface area contributed by atoms with Crippen LogP contribution in [0.5, 0.6) is 0 Å². The Kier molecular flexibility index (Phi) is 5.79. The number of benzene rings is 1. The first-order valence-electron chi connectivity index (χ1n) is 6.20. The van der Waals surface area contributed by atoms with Gasteiger partial charge in [0.2, 0.25) is 0 Å². The molecule has 126 valence electrons. The number of carbonyl (C=O) groups excluding carboxylic acids is 2. The lowest BCUT2D eigenvalue weighted by Crippen LogP contribution is -2.35. The van der Waals surface area contributed by atoms with Crippen molar-refractivity contribution in [3.63, 3.8) is 0 Å². The number of anilines is 1. The number of fused-ring (bicyclic) bond motifs is 1. The van der Waals surface area contributed by atoms with Crippen LogP contribution in [0.2, 0.25) is 0 Å². The van der Waals surface area contributed by atoms with Gasteiger partial charge in [0.1, 0.15) is 5.82 Å². The molecule has 0 unspecified atom stereocenters. The van der Waals surface area contributed by atoms with Gasteiger partial charge < -0.3 is 15.3 Å². The molecule has 0 bridgehead atoms. The SMILES string of the molecule is CNCCN1C(=O)C(=O)c2cc(F)ccc21.O=C(O)C(F)(F)F. The van der Waals surface area contributed by atoms with Crippen LogP contribution in [0, 0.1) is 5.82 Å². The van der Waals surface area contributed by atoms with Crippen molar-refractivity contribution in [2.24, 2.45) is 0 Å². The number of halogens is 4. The third kappa shape index (κ3) is 4.49. The van der Waals surface area contributed by atoms with Crippen LogP contribution in [0.1, 0.15) is 10.4 Å². The van der Waals surface area contributed by atoms with Gasteiger partial charge in [0, 0.05) is 13.1 Å². The maximum absolute atomic E-state index is 12.9. The number of alkyl halides is 3. The molecule has 1 heterocycles. The number of amides is 1. The third-order valence-corrected chi connectivity index (χ3v) is 2.76. The van der Waals surface area contributed by atoms with Gasteiger partial charge >= 0.3 is 12.1 Å². The van der Waals surface area contributed by atoms with Crippen LogP contribution >= 0.6 is 0 Å². The molecule has 2 N–H and O–H groups in total. The van der Waals surface area contributed by atoms with E-state index < -0.39 is 29.7 Å². The summed E-state index contributed by atoms with van der Waals surface area (Å²) in [6.07, 6.45) is -5.08. The van der Waals surface area contributed by atoms with Gasteiger partial charge in [0.05, 0.1) is 11.3 Å². The topological polar surface area (TPSA) is 86.7 Å². The van der Waals surface area contributed by atoms with E-state index in [0.29, 0.717) is 18.8 Å². The van der Waals surface area contributed by atoms with E-state index in [4.69, 9.17) is 9.90 Å².